The summed E-state index contributed by atoms with van der Waals surface area (Å²) in [6.07, 6.45) is 5.96. The van der Waals surface area contributed by atoms with Gasteiger partial charge in [0.05, 0.1) is 40.4 Å². The number of nitrogens with one attached hydrogen (secondary N) is 1. The second-order valence-corrected chi connectivity index (χ2v) is 10.8. The minimum Gasteiger partial charge on any atom is -0.444 e. The Kier molecular flexibility index (Phi) is 5.10. The summed E-state index contributed by atoms with van der Waals surface area (Å²) >= 11 is 0. The van der Waals surface area contributed by atoms with Crippen LogP contribution in [0.4, 0.5) is 4.79 Å². The van der Waals surface area contributed by atoms with Crippen molar-refractivity contribution in [1.29, 1.82) is 5.26 Å². The molecule has 2 atom stereocenters. The first-order valence-corrected chi connectivity index (χ1v) is 12.3. The van der Waals surface area contributed by atoms with Gasteiger partial charge < -0.3 is 10.1 Å². The summed E-state index contributed by atoms with van der Waals surface area (Å²) in [6.45, 7) is 6.77. The molecule has 188 valence electrons. The van der Waals surface area contributed by atoms with Crippen molar-refractivity contribution in [3.63, 3.8) is 0 Å². The van der Waals surface area contributed by atoms with Crippen LogP contribution in [0, 0.1) is 11.3 Å². The number of aryl methyl sites for hydroxylation is 1. The fourth-order valence-electron chi connectivity index (χ4n) is 5.49. The number of piperidine rings is 1. The van der Waals surface area contributed by atoms with Gasteiger partial charge in [0.1, 0.15) is 17.2 Å². The van der Waals surface area contributed by atoms with E-state index in [1.54, 1.807) is 21.8 Å². The van der Waals surface area contributed by atoms with Gasteiger partial charge in [-0.1, -0.05) is 0 Å². The Labute approximate surface area is 214 Å². The maximum atomic E-state index is 13.2. The zero-order chi connectivity index (χ0) is 25.9. The Hall–Kier alpha value is -4.23. The number of carbonyl (C=O) groups excluding carboxylic acids is 1. The van der Waals surface area contributed by atoms with E-state index in [9.17, 15) is 10.1 Å². The summed E-state index contributed by atoms with van der Waals surface area (Å²) in [6, 6.07) is 11.9. The van der Waals surface area contributed by atoms with Crippen molar-refractivity contribution < 1.29 is 9.53 Å². The first-order valence-electron chi connectivity index (χ1n) is 12.3. The van der Waals surface area contributed by atoms with E-state index in [0.29, 0.717) is 30.0 Å². The summed E-state index contributed by atoms with van der Waals surface area (Å²) in [5.41, 5.74) is 3.91. The van der Waals surface area contributed by atoms with Gasteiger partial charge in [0.15, 0.2) is 0 Å². The van der Waals surface area contributed by atoms with E-state index in [1.165, 1.54) is 0 Å². The van der Waals surface area contributed by atoms with Gasteiger partial charge in [-0.15, -0.1) is 0 Å². The third-order valence-corrected chi connectivity index (χ3v) is 7.02. The molecule has 7 rings (SSSR count). The normalized spacial score (nSPS) is 20.9. The Bertz CT molecular complexity index is 1570. The van der Waals surface area contributed by atoms with Crippen LogP contribution in [0.25, 0.3) is 28.0 Å². The van der Waals surface area contributed by atoms with E-state index < -0.39 is 11.1 Å². The highest BCUT2D eigenvalue weighted by atomic mass is 16.6. The number of piperazine rings is 1. The molecule has 4 aromatic rings. The predicted octanol–water partition coefficient (Wildman–Crippen LogP) is 3.48. The molecule has 10 nitrogen and oxygen atoms in total. The number of fused-ring (bicyclic) bond motifs is 3. The van der Waals surface area contributed by atoms with Crippen LogP contribution in [0.2, 0.25) is 0 Å². The highest BCUT2D eigenvalue weighted by molar-refractivity contribution is 5.81. The van der Waals surface area contributed by atoms with Gasteiger partial charge in [-0.3, -0.25) is 9.58 Å². The first kappa shape index (κ1) is 23.2. The topological polar surface area (TPSA) is 113 Å². The molecule has 3 aliphatic heterocycles. The lowest BCUT2D eigenvalue weighted by Crippen LogP contribution is -2.76. The van der Waals surface area contributed by atoms with Crippen LogP contribution in [0.1, 0.15) is 38.4 Å². The monoisotopic (exact) mass is 496 g/mol. The van der Waals surface area contributed by atoms with Gasteiger partial charge in [-0.05, 0) is 57.5 Å². The number of ether oxygens (including phenoxy) is 1. The van der Waals surface area contributed by atoms with Crippen LogP contribution < -0.4 is 5.32 Å². The van der Waals surface area contributed by atoms with Gasteiger partial charge >= 0.3 is 6.09 Å². The lowest BCUT2D eigenvalue weighted by molar-refractivity contribution is -0.105. The van der Waals surface area contributed by atoms with Gasteiger partial charge in [0.25, 0.3) is 0 Å². The van der Waals surface area contributed by atoms with Crippen molar-refractivity contribution in [2.24, 2.45) is 7.05 Å². The van der Waals surface area contributed by atoms with Crippen LogP contribution in [0.3, 0.4) is 0 Å². The second-order valence-electron chi connectivity index (χ2n) is 10.8. The average molecular weight is 497 g/mol. The lowest BCUT2D eigenvalue weighted by atomic mass is 9.71. The third kappa shape index (κ3) is 3.74. The fraction of sp³-hybridized carbons (Fsp3) is 0.370. The van der Waals surface area contributed by atoms with Crippen molar-refractivity contribution in [3.8, 4) is 28.6 Å². The summed E-state index contributed by atoms with van der Waals surface area (Å²) in [5.74, 6) is 0. The van der Waals surface area contributed by atoms with Crippen molar-refractivity contribution in [3.05, 3.63) is 60.2 Å². The van der Waals surface area contributed by atoms with Gasteiger partial charge in [0, 0.05) is 43.7 Å². The number of hydrogen-bond acceptors (Lipinski definition) is 7. The quantitative estimate of drug-likeness (QED) is 0.462. The Morgan fingerprint density at radius 3 is 2.81 bits per heavy atom. The standard InChI is InChI=1S/C27H28N8O2/c1-26(2,3)37-25(36)35-19-11-27(35,16-29-14-19)24-17(12-28)7-8-21(31-24)20-6-5-9-34-23(20)10-22(32-34)18-13-30-33(4)15-18/h5-10,13,15,19,29H,11,14,16H2,1-4H3. The van der Waals surface area contributed by atoms with E-state index in [2.05, 4.69) is 16.5 Å². The molecule has 37 heavy (non-hydrogen) atoms. The number of carbonyl (C=O) groups is 1. The Morgan fingerprint density at radius 2 is 2.11 bits per heavy atom. The largest absolute Gasteiger partial charge is 0.444 e. The fourth-order valence-corrected chi connectivity index (χ4v) is 5.49. The zero-order valence-electron chi connectivity index (χ0n) is 21.3. The summed E-state index contributed by atoms with van der Waals surface area (Å²) in [5, 5.41) is 22.4. The minimum absolute atomic E-state index is 0.000834. The minimum atomic E-state index is -0.738. The molecule has 2 bridgehead atoms. The predicted molar refractivity (Wildman–Crippen MR) is 136 cm³/mol. The molecule has 0 radical (unpaired) electrons. The molecule has 4 aromatic heterocycles. The van der Waals surface area contributed by atoms with Crippen molar-refractivity contribution >= 4 is 11.6 Å². The molecule has 0 aromatic carbocycles. The van der Waals surface area contributed by atoms with Gasteiger partial charge in [0.2, 0.25) is 0 Å². The average Bonchev–Trinajstić information content (AvgIpc) is 3.48. The molecule has 1 N–H and O–H groups in total. The first-order chi connectivity index (χ1) is 17.7. The van der Waals surface area contributed by atoms with Crippen LogP contribution in [-0.4, -0.2) is 60.1 Å². The molecule has 3 fully saturated rings. The molecule has 3 aliphatic rings. The summed E-state index contributed by atoms with van der Waals surface area (Å²) in [7, 11) is 1.87. The lowest BCUT2D eigenvalue weighted by Gasteiger charge is -2.61. The number of pyridine rings is 2. The van der Waals surface area contributed by atoms with Gasteiger partial charge in [-0.25, -0.2) is 14.3 Å². The van der Waals surface area contributed by atoms with Crippen LogP contribution in [-0.2, 0) is 17.3 Å². The molecular weight excluding hydrogens is 468 g/mol. The Morgan fingerprint density at radius 1 is 1.27 bits per heavy atom. The third-order valence-electron chi connectivity index (χ3n) is 7.02. The number of hydrogen-bond donors (Lipinski definition) is 1. The van der Waals surface area contributed by atoms with E-state index in [1.807, 2.05) is 69.0 Å². The van der Waals surface area contributed by atoms with Crippen LogP contribution in [0.5, 0.6) is 0 Å². The Balaban J connectivity index is 1.45. The summed E-state index contributed by atoms with van der Waals surface area (Å²) < 4.78 is 9.32. The highest BCUT2D eigenvalue weighted by Crippen LogP contribution is 2.48. The van der Waals surface area contributed by atoms with E-state index in [4.69, 9.17) is 14.8 Å². The van der Waals surface area contributed by atoms with Crippen molar-refractivity contribution in [2.45, 2.75) is 44.4 Å². The molecule has 3 saturated heterocycles. The molecule has 0 saturated carbocycles. The molecule has 2 unspecified atom stereocenters. The maximum Gasteiger partial charge on any atom is 0.411 e. The van der Waals surface area contributed by atoms with Crippen molar-refractivity contribution in [1.82, 2.24) is 34.6 Å². The molecular formula is C27H28N8O2. The second kappa shape index (κ2) is 8.15. The molecule has 10 heteroatoms. The zero-order valence-corrected chi connectivity index (χ0v) is 21.3. The van der Waals surface area contributed by atoms with E-state index in [-0.39, 0.29) is 12.1 Å². The molecule has 7 heterocycles. The summed E-state index contributed by atoms with van der Waals surface area (Å²) in [4.78, 5) is 20.1. The van der Waals surface area contributed by atoms with E-state index in [0.717, 1.165) is 28.8 Å². The van der Waals surface area contributed by atoms with Crippen molar-refractivity contribution in [2.75, 3.05) is 13.1 Å². The molecule has 0 aliphatic carbocycles. The number of amides is 1. The molecule has 0 spiro atoms. The number of aromatic nitrogens is 5. The maximum absolute atomic E-state index is 13.2. The van der Waals surface area contributed by atoms with E-state index >= 15 is 0 Å². The smallest absolute Gasteiger partial charge is 0.411 e. The number of nitrogens with zero attached hydrogens (tertiary/aromatic N) is 7. The highest BCUT2D eigenvalue weighted by Gasteiger charge is 2.60. The SMILES string of the molecule is Cn1cc(-c2cc3c(-c4ccc(C#N)c(C56CNCC(C5)N6C(=O)OC(C)(C)C)n4)cccn3n2)cn1. The number of nitriles is 1. The molecule has 1 amide bonds. The van der Waals surface area contributed by atoms with Gasteiger partial charge in [-0.2, -0.15) is 15.5 Å². The van der Waals surface area contributed by atoms with Crippen LogP contribution in [0.15, 0.2) is 48.9 Å². The number of rotatable bonds is 3. The van der Waals surface area contributed by atoms with Crippen LogP contribution >= 0.6 is 0 Å².